The highest BCUT2D eigenvalue weighted by atomic mass is 32.2. The van der Waals surface area contributed by atoms with Gasteiger partial charge in [-0.3, -0.25) is 4.90 Å². The Hall–Kier alpha value is -1.21. The van der Waals surface area contributed by atoms with Crippen molar-refractivity contribution in [2.24, 2.45) is 0 Å². The molecule has 2 aliphatic rings. The first-order valence-corrected chi connectivity index (χ1v) is 13.6. The normalized spacial score (nSPS) is 22.8. The van der Waals surface area contributed by atoms with E-state index in [1.807, 2.05) is 0 Å². The fraction of sp³-hybridized carbons (Fsp3) is 0.684. The van der Waals surface area contributed by atoms with Crippen LogP contribution in [0.15, 0.2) is 24.3 Å². The van der Waals surface area contributed by atoms with Gasteiger partial charge in [0.25, 0.3) is 0 Å². The zero-order valence-electron chi connectivity index (χ0n) is 17.1. The molecule has 0 amide bonds. The van der Waals surface area contributed by atoms with E-state index in [1.54, 1.807) is 0 Å². The fourth-order valence-electron chi connectivity index (χ4n) is 3.96. The van der Waals surface area contributed by atoms with E-state index in [0.717, 1.165) is 25.2 Å². The molecule has 0 N–H and O–H groups in total. The smallest absolute Gasteiger partial charge is 0.379 e. The van der Waals surface area contributed by atoms with Gasteiger partial charge < -0.3 is 4.74 Å². The molecule has 7 nitrogen and oxygen atoms in total. The molecule has 3 rings (SSSR count). The summed E-state index contributed by atoms with van der Waals surface area (Å²) in [5.41, 5.74) is -0.892. The van der Waals surface area contributed by atoms with Crippen LogP contribution in [0.3, 0.4) is 0 Å². The summed E-state index contributed by atoms with van der Waals surface area (Å²) in [5, 5.41) is 0. The van der Waals surface area contributed by atoms with Gasteiger partial charge in [-0.25, -0.2) is 16.8 Å². The average molecular weight is 485 g/mol. The van der Waals surface area contributed by atoms with E-state index in [0.29, 0.717) is 26.2 Å². The number of sulfone groups is 1. The third-order valence-electron chi connectivity index (χ3n) is 5.53. The first-order valence-electron chi connectivity index (χ1n) is 10.1. The number of morpholine rings is 1. The first-order chi connectivity index (χ1) is 14.5. The number of hydrogen-bond acceptors (Lipinski definition) is 6. The molecule has 0 bridgehead atoms. The van der Waals surface area contributed by atoms with Gasteiger partial charge in [0.15, 0.2) is 9.84 Å². The molecule has 0 aromatic heterocycles. The molecular weight excluding hydrogens is 457 g/mol. The van der Waals surface area contributed by atoms with Crippen molar-refractivity contribution in [2.45, 2.75) is 30.8 Å². The van der Waals surface area contributed by atoms with E-state index in [9.17, 15) is 30.0 Å². The molecule has 0 aliphatic carbocycles. The van der Waals surface area contributed by atoms with Crippen molar-refractivity contribution in [3.63, 3.8) is 0 Å². The average Bonchev–Trinajstić information content (AvgIpc) is 3.04. The molecule has 1 atom stereocenters. The maximum atomic E-state index is 13.2. The maximum Gasteiger partial charge on any atom is 0.416 e. The summed E-state index contributed by atoms with van der Waals surface area (Å²) in [7, 11) is -7.34. The zero-order valence-corrected chi connectivity index (χ0v) is 18.7. The number of alkyl halides is 3. The Bertz CT molecular complexity index is 961. The fourth-order valence-corrected chi connectivity index (χ4v) is 7.59. The Kier molecular flexibility index (Phi) is 7.67. The second kappa shape index (κ2) is 9.74. The lowest BCUT2D eigenvalue weighted by molar-refractivity contribution is -0.137. The lowest BCUT2D eigenvalue weighted by Gasteiger charge is -2.30. The lowest BCUT2D eigenvalue weighted by Crippen LogP contribution is -2.44. The lowest BCUT2D eigenvalue weighted by atomic mass is 10.1. The molecular formula is C19H27F3N2O5S2. The number of halogens is 3. The van der Waals surface area contributed by atoms with Crippen LogP contribution in [-0.2, 0) is 36.5 Å². The van der Waals surface area contributed by atoms with Crippen LogP contribution in [0.5, 0.6) is 0 Å². The van der Waals surface area contributed by atoms with E-state index in [2.05, 4.69) is 4.90 Å². The number of ether oxygens (including phenoxy) is 1. The summed E-state index contributed by atoms with van der Waals surface area (Å²) in [5.74, 6) is -0.950. The summed E-state index contributed by atoms with van der Waals surface area (Å²) < 4.78 is 95.7. The minimum atomic E-state index is -4.57. The third-order valence-corrected chi connectivity index (χ3v) is 9.18. The van der Waals surface area contributed by atoms with E-state index in [1.165, 1.54) is 16.4 Å². The molecule has 1 aromatic rings. The van der Waals surface area contributed by atoms with Crippen LogP contribution in [0, 0.1) is 0 Å². The van der Waals surface area contributed by atoms with Crippen molar-refractivity contribution in [1.29, 1.82) is 0 Å². The summed E-state index contributed by atoms with van der Waals surface area (Å²) >= 11 is 0. The molecule has 2 aliphatic heterocycles. The van der Waals surface area contributed by atoms with Gasteiger partial charge in [0, 0.05) is 25.7 Å². The number of rotatable bonds is 8. The third kappa shape index (κ3) is 6.88. The van der Waals surface area contributed by atoms with Crippen LogP contribution < -0.4 is 0 Å². The summed E-state index contributed by atoms with van der Waals surface area (Å²) in [6.45, 7) is 3.47. The van der Waals surface area contributed by atoms with Crippen molar-refractivity contribution in [1.82, 2.24) is 9.21 Å². The van der Waals surface area contributed by atoms with Gasteiger partial charge in [0.1, 0.15) is 0 Å². The number of nitrogens with zero attached hydrogens (tertiary/aromatic N) is 2. The van der Waals surface area contributed by atoms with Crippen LogP contribution in [0.1, 0.15) is 24.0 Å². The Morgan fingerprint density at radius 1 is 1.19 bits per heavy atom. The van der Waals surface area contributed by atoms with Crippen LogP contribution in [0.2, 0.25) is 0 Å². The van der Waals surface area contributed by atoms with Gasteiger partial charge in [-0.05, 0) is 31.0 Å². The van der Waals surface area contributed by atoms with E-state index >= 15 is 0 Å². The van der Waals surface area contributed by atoms with Gasteiger partial charge in [-0.15, -0.1) is 0 Å². The quantitative estimate of drug-likeness (QED) is 0.559. The number of sulfonamides is 1. The highest BCUT2D eigenvalue weighted by molar-refractivity contribution is 7.92. The van der Waals surface area contributed by atoms with Gasteiger partial charge in [0.2, 0.25) is 10.0 Å². The Balaban J connectivity index is 1.75. The SMILES string of the molecule is O=S1(=O)CCC(N(CCCN2CCOCC2)S(=O)(=O)Cc2cccc(C(F)(F)F)c2)C1. The molecule has 2 saturated heterocycles. The standard InChI is InChI=1S/C19H27F3N2O5S2/c20-19(21,22)17-4-1-3-16(13-17)14-31(27,28)24(18-5-12-30(25,26)15-18)7-2-6-23-8-10-29-11-9-23/h1,3-4,13,18H,2,5-12,14-15H2. The molecule has 1 unspecified atom stereocenters. The molecule has 31 heavy (non-hydrogen) atoms. The minimum absolute atomic E-state index is 0.0221. The van der Waals surface area contributed by atoms with Crippen LogP contribution in [0.25, 0.3) is 0 Å². The summed E-state index contributed by atoms with van der Waals surface area (Å²) in [4.78, 5) is 2.15. The Morgan fingerprint density at radius 3 is 2.52 bits per heavy atom. The van der Waals surface area contributed by atoms with Crippen molar-refractivity contribution in [2.75, 3.05) is 50.9 Å². The van der Waals surface area contributed by atoms with E-state index < -0.39 is 43.4 Å². The van der Waals surface area contributed by atoms with E-state index in [4.69, 9.17) is 4.74 Å². The van der Waals surface area contributed by atoms with Crippen LogP contribution in [-0.4, -0.2) is 83.0 Å². The maximum absolute atomic E-state index is 13.2. The van der Waals surface area contributed by atoms with Crippen LogP contribution >= 0.6 is 0 Å². The summed E-state index contributed by atoms with van der Waals surface area (Å²) in [6, 6.07) is 3.54. The highest BCUT2D eigenvalue weighted by Gasteiger charge is 2.38. The van der Waals surface area contributed by atoms with Gasteiger partial charge in [-0.2, -0.15) is 17.5 Å². The molecule has 176 valence electrons. The number of benzene rings is 1. The zero-order chi connectivity index (χ0) is 22.7. The highest BCUT2D eigenvalue weighted by Crippen LogP contribution is 2.30. The summed E-state index contributed by atoms with van der Waals surface area (Å²) in [6.07, 6.45) is -3.88. The van der Waals surface area contributed by atoms with Gasteiger partial charge >= 0.3 is 6.18 Å². The van der Waals surface area contributed by atoms with Crippen molar-refractivity contribution in [3.8, 4) is 0 Å². The van der Waals surface area contributed by atoms with Crippen molar-refractivity contribution >= 4 is 19.9 Å². The predicted molar refractivity (Wildman–Crippen MR) is 110 cm³/mol. The second-order valence-corrected chi connectivity index (χ2v) is 12.1. The topological polar surface area (TPSA) is 84.0 Å². The first kappa shape index (κ1) is 24.4. The monoisotopic (exact) mass is 484 g/mol. The van der Waals surface area contributed by atoms with E-state index in [-0.39, 0.29) is 30.0 Å². The predicted octanol–water partition coefficient (Wildman–Crippen LogP) is 1.75. The Labute approximate surface area is 181 Å². The van der Waals surface area contributed by atoms with Gasteiger partial charge in [0.05, 0.1) is 36.0 Å². The second-order valence-electron chi connectivity index (χ2n) is 7.93. The largest absolute Gasteiger partial charge is 0.416 e. The molecule has 1 aromatic carbocycles. The van der Waals surface area contributed by atoms with Crippen molar-refractivity contribution < 1.29 is 34.7 Å². The number of hydrogen-bond donors (Lipinski definition) is 0. The van der Waals surface area contributed by atoms with Crippen LogP contribution in [0.4, 0.5) is 13.2 Å². The molecule has 12 heteroatoms. The van der Waals surface area contributed by atoms with Crippen molar-refractivity contribution in [3.05, 3.63) is 35.4 Å². The molecule has 0 spiro atoms. The molecule has 0 radical (unpaired) electrons. The molecule has 2 fully saturated rings. The molecule has 0 saturated carbocycles. The minimum Gasteiger partial charge on any atom is -0.379 e. The van der Waals surface area contributed by atoms with Gasteiger partial charge in [-0.1, -0.05) is 18.2 Å². The Morgan fingerprint density at radius 2 is 1.90 bits per heavy atom. The molecule has 2 heterocycles.